The summed E-state index contributed by atoms with van der Waals surface area (Å²) in [5, 5.41) is 2.49. The maximum atomic E-state index is 13.5. The van der Waals surface area contributed by atoms with Crippen molar-refractivity contribution in [3.63, 3.8) is 0 Å². The molecule has 0 saturated heterocycles. The molecule has 1 N–H and O–H groups in total. The Bertz CT molecular complexity index is 776. The molecule has 0 aliphatic heterocycles. The Morgan fingerprint density at radius 3 is 2.38 bits per heavy atom. The van der Waals surface area contributed by atoms with Gasteiger partial charge in [0, 0.05) is 5.69 Å². The van der Waals surface area contributed by atoms with E-state index in [-0.39, 0.29) is 12.3 Å². The van der Waals surface area contributed by atoms with E-state index < -0.39 is 23.8 Å². The summed E-state index contributed by atoms with van der Waals surface area (Å²) in [6.45, 7) is 2.70. The largest absolute Gasteiger partial charge is 0.497 e. The molecule has 1 atom stereocenters. The second-order valence-corrected chi connectivity index (χ2v) is 5.55. The minimum Gasteiger partial charge on any atom is -0.497 e. The molecule has 0 spiro atoms. The number of aryl methyl sites for hydroxylation is 1. The van der Waals surface area contributed by atoms with Crippen LogP contribution < -0.4 is 14.8 Å². The van der Waals surface area contributed by atoms with Gasteiger partial charge in [0.2, 0.25) is 0 Å². The number of benzene rings is 2. The molecule has 6 nitrogen and oxygen atoms in total. The molecule has 0 aliphatic rings. The van der Waals surface area contributed by atoms with Crippen LogP contribution in [0.25, 0.3) is 0 Å². The van der Waals surface area contributed by atoms with E-state index >= 15 is 0 Å². The molecule has 2 aromatic carbocycles. The van der Waals surface area contributed by atoms with Crippen LogP contribution in [-0.2, 0) is 14.3 Å². The summed E-state index contributed by atoms with van der Waals surface area (Å²) in [4.78, 5) is 23.8. The molecule has 1 amide bonds. The first kappa shape index (κ1) is 19.2. The summed E-state index contributed by atoms with van der Waals surface area (Å²) in [5.74, 6) is -0.558. The molecule has 2 rings (SSSR count). The minimum atomic E-state index is -1.05. The van der Waals surface area contributed by atoms with Crippen molar-refractivity contribution in [2.75, 3.05) is 19.0 Å². The lowest BCUT2D eigenvalue weighted by Crippen LogP contribution is -2.31. The van der Waals surface area contributed by atoms with Gasteiger partial charge in [0.1, 0.15) is 17.3 Å². The number of methoxy groups -OCH3 is 1. The molecule has 1 unspecified atom stereocenters. The molecule has 26 heavy (non-hydrogen) atoms. The molecule has 0 aromatic heterocycles. The first-order valence-electron chi connectivity index (χ1n) is 7.92. The van der Waals surface area contributed by atoms with Crippen molar-refractivity contribution in [3.8, 4) is 11.5 Å². The van der Waals surface area contributed by atoms with Gasteiger partial charge >= 0.3 is 5.97 Å². The highest BCUT2D eigenvalue weighted by molar-refractivity contribution is 5.95. The third kappa shape index (κ3) is 5.47. The molecule has 0 aliphatic carbocycles. The van der Waals surface area contributed by atoms with Crippen molar-refractivity contribution >= 4 is 17.6 Å². The van der Waals surface area contributed by atoms with Crippen molar-refractivity contribution in [2.45, 2.75) is 20.0 Å². The van der Waals surface area contributed by atoms with E-state index in [9.17, 15) is 14.0 Å². The van der Waals surface area contributed by atoms with Gasteiger partial charge in [0.15, 0.2) is 12.7 Å². The number of hydrogen-bond acceptors (Lipinski definition) is 5. The number of anilines is 1. The SMILES string of the molecule is COc1ccc(OCC(=O)OC(C)C(=O)Nc2ccc(C)c(F)c2)cc1. The van der Waals surface area contributed by atoms with Crippen LogP contribution in [0.1, 0.15) is 12.5 Å². The number of esters is 1. The summed E-state index contributed by atoms with van der Waals surface area (Å²) >= 11 is 0. The van der Waals surface area contributed by atoms with Gasteiger partial charge in [-0.1, -0.05) is 6.07 Å². The van der Waals surface area contributed by atoms with Crippen LogP contribution >= 0.6 is 0 Å². The molecule has 7 heteroatoms. The van der Waals surface area contributed by atoms with Crippen molar-refractivity contribution in [1.82, 2.24) is 0 Å². The second-order valence-electron chi connectivity index (χ2n) is 5.55. The molecular weight excluding hydrogens is 341 g/mol. The average molecular weight is 361 g/mol. The zero-order valence-corrected chi connectivity index (χ0v) is 14.7. The van der Waals surface area contributed by atoms with E-state index in [1.54, 1.807) is 50.4 Å². The average Bonchev–Trinajstić information content (AvgIpc) is 2.63. The van der Waals surface area contributed by atoms with Gasteiger partial charge in [-0.3, -0.25) is 4.79 Å². The Labute approximate surface area is 150 Å². The smallest absolute Gasteiger partial charge is 0.344 e. The maximum Gasteiger partial charge on any atom is 0.344 e. The van der Waals surface area contributed by atoms with E-state index in [1.165, 1.54) is 13.0 Å². The Kier molecular flexibility index (Phi) is 6.54. The number of carbonyl (C=O) groups is 2. The molecule has 0 bridgehead atoms. The van der Waals surface area contributed by atoms with E-state index in [0.717, 1.165) is 0 Å². The number of ether oxygens (including phenoxy) is 3. The monoisotopic (exact) mass is 361 g/mol. The van der Waals surface area contributed by atoms with Gasteiger partial charge < -0.3 is 19.5 Å². The number of amides is 1. The number of halogens is 1. The van der Waals surface area contributed by atoms with Gasteiger partial charge in [-0.15, -0.1) is 0 Å². The van der Waals surface area contributed by atoms with Crippen molar-refractivity contribution in [3.05, 3.63) is 53.8 Å². The lowest BCUT2D eigenvalue weighted by molar-refractivity contribution is -0.155. The Balaban J connectivity index is 1.81. The first-order chi connectivity index (χ1) is 12.4. The summed E-state index contributed by atoms with van der Waals surface area (Å²) in [7, 11) is 1.55. The topological polar surface area (TPSA) is 73.9 Å². The van der Waals surface area contributed by atoms with Crippen LogP contribution in [0, 0.1) is 12.7 Å². The fraction of sp³-hybridized carbons (Fsp3) is 0.263. The summed E-state index contributed by atoms with van der Waals surface area (Å²) in [6.07, 6.45) is -1.05. The lowest BCUT2D eigenvalue weighted by atomic mass is 10.2. The highest BCUT2D eigenvalue weighted by Gasteiger charge is 2.18. The van der Waals surface area contributed by atoms with Crippen molar-refractivity contribution in [2.24, 2.45) is 0 Å². The van der Waals surface area contributed by atoms with E-state index in [2.05, 4.69) is 5.32 Å². The summed E-state index contributed by atoms with van der Waals surface area (Å²) in [5.41, 5.74) is 0.758. The van der Waals surface area contributed by atoms with E-state index in [0.29, 0.717) is 17.1 Å². The van der Waals surface area contributed by atoms with Gasteiger partial charge in [-0.25, -0.2) is 9.18 Å². The Hall–Kier alpha value is -3.09. The summed E-state index contributed by atoms with van der Waals surface area (Å²) < 4.78 is 28.8. The maximum absolute atomic E-state index is 13.5. The predicted octanol–water partition coefficient (Wildman–Crippen LogP) is 3.09. The van der Waals surface area contributed by atoms with Crippen LogP contribution in [0.3, 0.4) is 0 Å². The molecule has 138 valence electrons. The Morgan fingerprint density at radius 2 is 1.77 bits per heavy atom. The van der Waals surface area contributed by atoms with Crippen molar-refractivity contribution < 1.29 is 28.2 Å². The molecular formula is C19H20FNO5. The first-order valence-corrected chi connectivity index (χ1v) is 7.92. The third-order valence-electron chi connectivity index (χ3n) is 3.53. The van der Waals surface area contributed by atoms with Crippen LogP contribution in [0.2, 0.25) is 0 Å². The zero-order chi connectivity index (χ0) is 19.1. The number of hydrogen-bond donors (Lipinski definition) is 1. The number of nitrogens with one attached hydrogen (secondary N) is 1. The molecule has 2 aromatic rings. The van der Waals surface area contributed by atoms with E-state index in [1.807, 2.05) is 0 Å². The van der Waals surface area contributed by atoms with Crippen LogP contribution in [-0.4, -0.2) is 31.7 Å². The minimum absolute atomic E-state index is 0.287. The van der Waals surface area contributed by atoms with Crippen LogP contribution in [0.4, 0.5) is 10.1 Å². The van der Waals surface area contributed by atoms with Gasteiger partial charge in [0.25, 0.3) is 5.91 Å². The quantitative estimate of drug-likeness (QED) is 0.767. The standard InChI is InChI=1S/C19H20FNO5/c1-12-4-5-14(10-17(12)20)21-19(23)13(2)26-18(22)11-25-16-8-6-15(24-3)7-9-16/h4-10,13H,11H2,1-3H3,(H,21,23). The van der Waals surface area contributed by atoms with Crippen LogP contribution in [0.15, 0.2) is 42.5 Å². The zero-order valence-electron chi connectivity index (χ0n) is 14.7. The number of carbonyl (C=O) groups excluding carboxylic acids is 2. The number of rotatable bonds is 7. The second kappa shape index (κ2) is 8.84. The predicted molar refractivity (Wildman–Crippen MR) is 93.8 cm³/mol. The molecule has 0 fully saturated rings. The van der Waals surface area contributed by atoms with Crippen molar-refractivity contribution in [1.29, 1.82) is 0 Å². The van der Waals surface area contributed by atoms with Gasteiger partial charge in [0.05, 0.1) is 7.11 Å². The normalized spacial score (nSPS) is 11.4. The Morgan fingerprint density at radius 1 is 1.12 bits per heavy atom. The fourth-order valence-corrected chi connectivity index (χ4v) is 2.01. The molecule has 0 radical (unpaired) electrons. The molecule has 0 heterocycles. The van der Waals surface area contributed by atoms with Gasteiger partial charge in [-0.2, -0.15) is 0 Å². The van der Waals surface area contributed by atoms with Gasteiger partial charge in [-0.05, 0) is 55.8 Å². The van der Waals surface area contributed by atoms with E-state index in [4.69, 9.17) is 14.2 Å². The highest BCUT2D eigenvalue weighted by Crippen LogP contribution is 2.17. The third-order valence-corrected chi connectivity index (χ3v) is 3.53. The van der Waals surface area contributed by atoms with Crippen LogP contribution in [0.5, 0.6) is 11.5 Å². The summed E-state index contributed by atoms with van der Waals surface area (Å²) in [6, 6.07) is 11.0. The molecule has 0 saturated carbocycles. The fourth-order valence-electron chi connectivity index (χ4n) is 2.01. The highest BCUT2D eigenvalue weighted by atomic mass is 19.1. The lowest BCUT2D eigenvalue weighted by Gasteiger charge is -2.14.